The van der Waals surface area contributed by atoms with E-state index in [4.69, 9.17) is 0 Å². The molecule has 4 nitrogen and oxygen atoms in total. The van der Waals surface area contributed by atoms with Gasteiger partial charge in [-0.15, -0.1) is 0 Å². The Hall–Kier alpha value is -0.0700. The Morgan fingerprint density at radius 2 is 1.17 bits per heavy atom. The number of aryl methyl sites for hydroxylation is 2. The van der Waals surface area contributed by atoms with Crippen molar-refractivity contribution in [2.75, 3.05) is 0 Å². The maximum absolute atomic E-state index is 11.6. The van der Waals surface area contributed by atoms with Crippen LogP contribution in [0.15, 0.2) is 17.0 Å². The van der Waals surface area contributed by atoms with Crippen LogP contribution in [0.25, 0.3) is 0 Å². The van der Waals surface area contributed by atoms with Gasteiger partial charge in [0.25, 0.3) is 0 Å². The van der Waals surface area contributed by atoms with Gasteiger partial charge in [-0.3, -0.25) is 0 Å². The van der Waals surface area contributed by atoms with Gasteiger partial charge in [-0.1, -0.05) is 97.0 Å². The Labute approximate surface area is 207 Å². The minimum Gasteiger partial charge on any atom is -0.744 e. The van der Waals surface area contributed by atoms with Crippen LogP contribution < -0.4 is 29.6 Å². The molecule has 6 heteroatoms. The molecule has 1 N–H and O–H groups in total. The fraction of sp³-hybridized carbons (Fsp3) is 0.750. The zero-order valence-electron chi connectivity index (χ0n) is 19.5. The molecular weight excluding hydrogens is 407 g/mol. The van der Waals surface area contributed by atoms with Crippen molar-refractivity contribution in [3.8, 4) is 5.75 Å². The van der Waals surface area contributed by atoms with E-state index in [2.05, 4.69) is 13.8 Å². The molecule has 0 unspecified atom stereocenters. The van der Waals surface area contributed by atoms with Gasteiger partial charge in [0.2, 0.25) is 0 Å². The number of rotatable bonds is 17. The van der Waals surface area contributed by atoms with Crippen molar-refractivity contribution in [2.45, 2.75) is 121 Å². The van der Waals surface area contributed by atoms with Crippen LogP contribution >= 0.6 is 0 Å². The summed E-state index contributed by atoms with van der Waals surface area (Å²) in [5, 5.41) is 10.3. The Balaban J connectivity index is 0.00000841. The Morgan fingerprint density at radius 1 is 0.733 bits per heavy atom. The summed E-state index contributed by atoms with van der Waals surface area (Å²) in [4.78, 5) is -0.449. The van der Waals surface area contributed by atoms with E-state index in [-0.39, 0.29) is 35.3 Å². The van der Waals surface area contributed by atoms with Crippen molar-refractivity contribution >= 4 is 10.1 Å². The van der Waals surface area contributed by atoms with E-state index in [1.165, 1.54) is 63.9 Å². The van der Waals surface area contributed by atoms with Gasteiger partial charge in [0.1, 0.15) is 15.9 Å². The quantitative estimate of drug-likeness (QED) is 0.223. The average molecular weight is 449 g/mol. The van der Waals surface area contributed by atoms with E-state index < -0.39 is 15.0 Å². The van der Waals surface area contributed by atoms with E-state index in [0.29, 0.717) is 12.0 Å². The van der Waals surface area contributed by atoms with Gasteiger partial charge in [-0.2, -0.15) is 0 Å². The number of aromatic hydroxyl groups is 1. The van der Waals surface area contributed by atoms with Crippen LogP contribution in [-0.4, -0.2) is 18.1 Å². The van der Waals surface area contributed by atoms with Crippen LogP contribution in [0, 0.1) is 0 Å². The van der Waals surface area contributed by atoms with Gasteiger partial charge in [0, 0.05) is 0 Å². The average Bonchev–Trinajstić information content (AvgIpc) is 2.67. The molecular formula is C24H41NaO4S. The standard InChI is InChI=1S/C24H42O4S.Na/c1-3-5-7-9-11-12-14-16-18-22-19-21(17-15-13-10-8-6-4-2)20-23(24(22)25)29(26,27)28;/h19-20,25H,3-18H2,1-2H3,(H,26,27,28);/q;+1/p-1. The van der Waals surface area contributed by atoms with Gasteiger partial charge in [-0.05, 0) is 42.9 Å². The summed E-state index contributed by atoms with van der Waals surface area (Å²) < 4.78 is 34.8. The molecule has 0 spiro atoms. The van der Waals surface area contributed by atoms with Gasteiger partial charge in [0.05, 0.1) is 4.90 Å². The SMILES string of the molecule is CCCCCCCCCCc1cc(CCCCCCCC)cc(S(=O)(=O)[O-])c1O.[Na+]. The number of unbranched alkanes of at least 4 members (excludes halogenated alkanes) is 12. The second-order valence-electron chi connectivity index (χ2n) is 8.30. The molecule has 1 rings (SSSR count). The second kappa shape index (κ2) is 17.5. The fourth-order valence-corrected chi connectivity index (χ4v) is 4.48. The Kier molecular flexibility index (Phi) is 17.4. The third kappa shape index (κ3) is 12.7. The molecule has 0 aliphatic rings. The van der Waals surface area contributed by atoms with Gasteiger partial charge in [-0.25, -0.2) is 8.42 Å². The smallest absolute Gasteiger partial charge is 0.744 e. The van der Waals surface area contributed by atoms with Crippen molar-refractivity contribution in [2.24, 2.45) is 0 Å². The summed E-state index contributed by atoms with van der Waals surface area (Å²) in [6.07, 6.45) is 17.8. The first kappa shape index (κ1) is 29.9. The molecule has 0 bridgehead atoms. The van der Waals surface area contributed by atoms with Crippen molar-refractivity contribution in [3.05, 3.63) is 23.3 Å². The zero-order valence-corrected chi connectivity index (χ0v) is 22.4. The van der Waals surface area contributed by atoms with E-state index in [9.17, 15) is 18.1 Å². The molecule has 0 amide bonds. The number of hydrogen-bond donors (Lipinski definition) is 1. The fourth-order valence-electron chi connectivity index (χ4n) is 3.81. The van der Waals surface area contributed by atoms with Crippen molar-refractivity contribution in [1.82, 2.24) is 0 Å². The summed E-state index contributed by atoms with van der Waals surface area (Å²) in [5.74, 6) is -0.338. The van der Waals surface area contributed by atoms with Crippen molar-refractivity contribution in [3.63, 3.8) is 0 Å². The molecule has 30 heavy (non-hydrogen) atoms. The number of phenolic OH excluding ortho intramolecular Hbond substituents is 1. The molecule has 0 heterocycles. The van der Waals surface area contributed by atoms with Crippen LogP contribution in [0.3, 0.4) is 0 Å². The largest absolute Gasteiger partial charge is 1.00 e. The Bertz CT molecular complexity index is 674. The summed E-state index contributed by atoms with van der Waals surface area (Å²) in [7, 11) is -4.67. The summed E-state index contributed by atoms with van der Waals surface area (Å²) in [6.45, 7) is 4.40. The molecule has 0 aromatic heterocycles. The zero-order chi connectivity index (χ0) is 21.5. The number of phenols is 1. The predicted octanol–water partition coefficient (Wildman–Crippen LogP) is 3.89. The monoisotopic (exact) mass is 448 g/mol. The van der Waals surface area contributed by atoms with Crippen LogP contribution in [-0.2, 0) is 23.0 Å². The molecule has 0 fully saturated rings. The van der Waals surface area contributed by atoms with Gasteiger partial charge < -0.3 is 9.66 Å². The molecule has 0 saturated carbocycles. The van der Waals surface area contributed by atoms with Crippen LogP contribution in [0.1, 0.15) is 115 Å². The first-order chi connectivity index (χ1) is 13.9. The topological polar surface area (TPSA) is 77.4 Å². The normalized spacial score (nSPS) is 11.4. The molecule has 1 aromatic rings. The van der Waals surface area contributed by atoms with Gasteiger partial charge >= 0.3 is 29.6 Å². The minimum absolute atomic E-state index is 0. The molecule has 0 aliphatic heterocycles. The number of benzene rings is 1. The summed E-state index contributed by atoms with van der Waals surface area (Å²) >= 11 is 0. The van der Waals surface area contributed by atoms with Crippen molar-refractivity contribution < 1.29 is 47.6 Å². The van der Waals surface area contributed by atoms with E-state index in [1.807, 2.05) is 6.07 Å². The molecule has 0 atom stereocenters. The summed E-state index contributed by atoms with van der Waals surface area (Å²) in [5.41, 5.74) is 1.45. The van der Waals surface area contributed by atoms with E-state index >= 15 is 0 Å². The molecule has 0 aliphatic carbocycles. The Morgan fingerprint density at radius 3 is 1.63 bits per heavy atom. The van der Waals surface area contributed by atoms with E-state index in [1.54, 1.807) is 0 Å². The predicted molar refractivity (Wildman–Crippen MR) is 119 cm³/mol. The third-order valence-electron chi connectivity index (χ3n) is 5.60. The van der Waals surface area contributed by atoms with Crippen LogP contribution in [0.5, 0.6) is 5.75 Å². The molecule has 168 valence electrons. The molecule has 0 radical (unpaired) electrons. The third-order valence-corrected chi connectivity index (χ3v) is 6.45. The van der Waals surface area contributed by atoms with E-state index in [0.717, 1.165) is 44.1 Å². The summed E-state index contributed by atoms with van der Waals surface area (Å²) in [6, 6.07) is 3.28. The van der Waals surface area contributed by atoms with Crippen LogP contribution in [0.2, 0.25) is 0 Å². The molecule has 0 saturated heterocycles. The first-order valence-electron chi connectivity index (χ1n) is 11.7. The second-order valence-corrected chi connectivity index (χ2v) is 9.65. The van der Waals surface area contributed by atoms with Crippen molar-refractivity contribution in [1.29, 1.82) is 0 Å². The first-order valence-corrected chi connectivity index (χ1v) is 13.1. The van der Waals surface area contributed by atoms with Crippen LogP contribution in [0.4, 0.5) is 0 Å². The molecule has 1 aromatic carbocycles. The number of hydrogen-bond acceptors (Lipinski definition) is 4. The maximum atomic E-state index is 11.6. The minimum atomic E-state index is -4.67. The maximum Gasteiger partial charge on any atom is 1.00 e. The van der Waals surface area contributed by atoms with Gasteiger partial charge in [0.15, 0.2) is 0 Å².